The van der Waals surface area contributed by atoms with Gasteiger partial charge in [0.1, 0.15) is 0 Å². The Morgan fingerprint density at radius 3 is 2.73 bits per heavy atom. The lowest BCUT2D eigenvalue weighted by molar-refractivity contribution is 0.486. The molecule has 11 heavy (non-hydrogen) atoms. The van der Waals surface area contributed by atoms with Crippen molar-refractivity contribution in [3.8, 4) is 0 Å². The monoisotopic (exact) mass is 156 g/mol. The van der Waals surface area contributed by atoms with E-state index in [1.807, 2.05) is 0 Å². The Balaban J connectivity index is 2.71. The molecule has 0 fully saturated rings. The lowest BCUT2D eigenvalue weighted by Crippen LogP contribution is -2.20. The molecule has 0 bridgehead atoms. The Morgan fingerprint density at radius 2 is 2.18 bits per heavy atom. The number of aromatic nitrogens is 2. The molecule has 0 saturated carbocycles. The van der Waals surface area contributed by atoms with Gasteiger partial charge in [-0.05, 0) is 0 Å². The van der Waals surface area contributed by atoms with E-state index in [0.717, 1.165) is 6.20 Å². The second-order valence-electron chi connectivity index (χ2n) is 2.23. The maximum Gasteiger partial charge on any atom is 0.233 e. The second-order valence-corrected chi connectivity index (χ2v) is 2.23. The van der Waals surface area contributed by atoms with Crippen LogP contribution < -0.4 is 5.43 Å². The van der Waals surface area contributed by atoms with Crippen LogP contribution in [0.5, 0.6) is 0 Å². The summed E-state index contributed by atoms with van der Waals surface area (Å²) < 4.78 is 12.4. The predicted octanol–water partition coefficient (Wildman–Crippen LogP) is 0.504. The number of hydrogen-bond donors (Lipinski definition) is 1. The van der Waals surface area contributed by atoms with Crippen molar-refractivity contribution in [1.29, 1.82) is 0 Å². The van der Waals surface area contributed by atoms with Gasteiger partial charge >= 0.3 is 0 Å². The normalized spacial score (nSPS) is 10.2. The second kappa shape index (κ2) is 3.25. The first-order valence-corrected chi connectivity index (χ1v) is 3.10. The molecule has 60 valence electrons. The fourth-order valence-corrected chi connectivity index (χ4v) is 0.625. The van der Waals surface area contributed by atoms with E-state index in [4.69, 9.17) is 0 Å². The van der Waals surface area contributed by atoms with Crippen molar-refractivity contribution >= 4 is 5.82 Å². The molecule has 1 heterocycles. The first-order chi connectivity index (χ1) is 5.18. The van der Waals surface area contributed by atoms with Gasteiger partial charge in [0, 0.05) is 14.1 Å². The van der Waals surface area contributed by atoms with E-state index in [0.29, 0.717) is 5.82 Å². The van der Waals surface area contributed by atoms with Crippen LogP contribution >= 0.6 is 0 Å². The van der Waals surface area contributed by atoms with Gasteiger partial charge in [0.05, 0.1) is 12.4 Å². The van der Waals surface area contributed by atoms with Gasteiger partial charge in [-0.2, -0.15) is 9.37 Å². The maximum absolute atomic E-state index is 12.4. The summed E-state index contributed by atoms with van der Waals surface area (Å²) >= 11 is 0. The third-order valence-corrected chi connectivity index (χ3v) is 0.943. The Kier molecular flexibility index (Phi) is 2.32. The van der Waals surface area contributed by atoms with Gasteiger partial charge in [-0.3, -0.25) is 4.98 Å². The zero-order chi connectivity index (χ0) is 8.27. The quantitative estimate of drug-likeness (QED) is 0.633. The topological polar surface area (TPSA) is 41.0 Å². The van der Waals surface area contributed by atoms with Crippen molar-refractivity contribution in [1.82, 2.24) is 15.0 Å². The minimum absolute atomic E-state index is 0.398. The molecule has 0 saturated heterocycles. The Labute approximate surface area is 64.0 Å². The lowest BCUT2D eigenvalue weighted by Gasteiger charge is -2.10. The maximum atomic E-state index is 12.4. The van der Waals surface area contributed by atoms with Crippen molar-refractivity contribution in [2.45, 2.75) is 0 Å². The average Bonchev–Trinajstić information content (AvgIpc) is 1.85. The molecule has 0 amide bonds. The number of hydrazine groups is 1. The van der Waals surface area contributed by atoms with Crippen LogP contribution in [0.3, 0.4) is 0 Å². The van der Waals surface area contributed by atoms with Crippen LogP contribution in [0.2, 0.25) is 0 Å². The first kappa shape index (κ1) is 7.87. The van der Waals surface area contributed by atoms with Gasteiger partial charge in [0.25, 0.3) is 0 Å². The van der Waals surface area contributed by atoms with E-state index in [1.54, 1.807) is 19.1 Å². The molecule has 0 aliphatic heterocycles. The molecule has 0 unspecified atom stereocenters. The van der Waals surface area contributed by atoms with Gasteiger partial charge in [-0.15, -0.1) is 0 Å². The molecule has 4 nitrogen and oxygen atoms in total. The predicted molar refractivity (Wildman–Crippen MR) is 39.3 cm³/mol. The molecular formula is C6H9FN4. The van der Waals surface area contributed by atoms with Gasteiger partial charge < -0.3 is 5.43 Å². The van der Waals surface area contributed by atoms with Crippen molar-refractivity contribution in [2.75, 3.05) is 19.5 Å². The highest BCUT2D eigenvalue weighted by Gasteiger charge is 1.96. The van der Waals surface area contributed by atoms with Crippen LogP contribution in [0.4, 0.5) is 10.2 Å². The largest absolute Gasteiger partial charge is 0.302 e. The summed E-state index contributed by atoms with van der Waals surface area (Å²) in [6.07, 6.45) is 2.50. The molecule has 1 N–H and O–H groups in total. The molecule has 0 aliphatic carbocycles. The highest BCUT2D eigenvalue weighted by atomic mass is 19.1. The molecule has 0 radical (unpaired) electrons. The number of anilines is 1. The van der Waals surface area contributed by atoms with Crippen LogP contribution in [-0.2, 0) is 0 Å². The van der Waals surface area contributed by atoms with Crippen molar-refractivity contribution in [3.63, 3.8) is 0 Å². The van der Waals surface area contributed by atoms with Gasteiger partial charge in [-0.1, -0.05) is 0 Å². The van der Waals surface area contributed by atoms with Crippen LogP contribution in [0, 0.1) is 5.95 Å². The molecule has 0 aliphatic rings. The van der Waals surface area contributed by atoms with Crippen LogP contribution in [-0.4, -0.2) is 29.1 Å². The molecule has 0 atom stereocenters. The zero-order valence-corrected chi connectivity index (χ0v) is 6.37. The number of rotatable bonds is 2. The molecule has 5 heteroatoms. The van der Waals surface area contributed by atoms with Crippen molar-refractivity contribution < 1.29 is 4.39 Å². The minimum Gasteiger partial charge on any atom is -0.302 e. The molecular weight excluding hydrogens is 147 g/mol. The van der Waals surface area contributed by atoms with Gasteiger partial charge in [-0.25, -0.2) is 5.01 Å². The van der Waals surface area contributed by atoms with E-state index >= 15 is 0 Å². The fourth-order valence-electron chi connectivity index (χ4n) is 0.625. The summed E-state index contributed by atoms with van der Waals surface area (Å²) in [4.78, 5) is 7.14. The number of nitrogens with zero attached hydrogens (tertiary/aromatic N) is 3. The van der Waals surface area contributed by atoms with Crippen LogP contribution in [0.1, 0.15) is 0 Å². The lowest BCUT2D eigenvalue weighted by atomic mass is 10.7. The third kappa shape index (κ3) is 2.46. The zero-order valence-electron chi connectivity index (χ0n) is 6.37. The summed E-state index contributed by atoms with van der Waals surface area (Å²) in [7, 11) is 3.57. The third-order valence-electron chi connectivity index (χ3n) is 0.943. The smallest absolute Gasteiger partial charge is 0.233 e. The van der Waals surface area contributed by atoms with E-state index in [-0.39, 0.29) is 0 Å². The van der Waals surface area contributed by atoms with Crippen molar-refractivity contribution in [2.24, 2.45) is 0 Å². The summed E-state index contributed by atoms with van der Waals surface area (Å²) in [5.41, 5.74) is 2.77. The van der Waals surface area contributed by atoms with E-state index in [1.165, 1.54) is 6.20 Å². The molecule has 0 aromatic carbocycles. The fraction of sp³-hybridized carbons (Fsp3) is 0.333. The average molecular weight is 156 g/mol. The molecule has 1 rings (SSSR count). The van der Waals surface area contributed by atoms with Crippen LogP contribution in [0.15, 0.2) is 12.4 Å². The SMILES string of the molecule is CN(C)Nc1cncc(F)n1. The number of halogens is 1. The van der Waals surface area contributed by atoms with E-state index < -0.39 is 5.95 Å². The summed E-state index contributed by atoms with van der Waals surface area (Å²) in [5, 5.41) is 1.66. The summed E-state index contributed by atoms with van der Waals surface area (Å²) in [6, 6.07) is 0. The van der Waals surface area contributed by atoms with E-state index in [9.17, 15) is 4.39 Å². The minimum atomic E-state index is -0.586. The Hall–Kier alpha value is -1.23. The number of nitrogens with one attached hydrogen (secondary N) is 1. The molecule has 1 aromatic rings. The highest BCUT2D eigenvalue weighted by molar-refractivity contribution is 5.28. The van der Waals surface area contributed by atoms with E-state index in [2.05, 4.69) is 15.4 Å². The summed E-state index contributed by atoms with van der Waals surface area (Å²) in [5.74, 6) is -0.188. The van der Waals surface area contributed by atoms with Crippen LogP contribution in [0.25, 0.3) is 0 Å². The molecule has 1 aromatic heterocycles. The van der Waals surface area contributed by atoms with Gasteiger partial charge in [0.15, 0.2) is 5.82 Å². The molecule has 0 spiro atoms. The van der Waals surface area contributed by atoms with Gasteiger partial charge in [0.2, 0.25) is 5.95 Å². The first-order valence-electron chi connectivity index (χ1n) is 3.10. The van der Waals surface area contributed by atoms with Crippen molar-refractivity contribution in [3.05, 3.63) is 18.3 Å². The standard InChI is InChI=1S/C6H9FN4/c1-11(2)10-6-4-8-3-5(7)9-6/h3-4H,1-2H3,(H,9,10). The summed E-state index contributed by atoms with van der Waals surface area (Å²) in [6.45, 7) is 0. The number of hydrogen-bond acceptors (Lipinski definition) is 4. The highest BCUT2D eigenvalue weighted by Crippen LogP contribution is 1.99. The Morgan fingerprint density at radius 1 is 1.45 bits per heavy atom. The Bertz CT molecular complexity index is 238.